The predicted octanol–water partition coefficient (Wildman–Crippen LogP) is 2.93. The van der Waals surface area contributed by atoms with E-state index < -0.39 is 20.7 Å². The standard InChI is InChI=1S/C18H23FN6O2S2/c19-15-9-16(22-6-3-1-2-4-13-5-7-21-11-13)14(10-20)8-17(15)29(26,27)25-18-23-12-24-28-18/h8-9,12-13,21-22H,1-7,11H2,(H,23,24,25)/t13-/m1/s1. The van der Waals surface area contributed by atoms with E-state index in [1.165, 1.54) is 19.2 Å². The summed E-state index contributed by atoms with van der Waals surface area (Å²) in [7, 11) is -4.21. The van der Waals surface area contributed by atoms with Crippen molar-refractivity contribution >= 4 is 32.4 Å². The molecule has 0 amide bonds. The van der Waals surface area contributed by atoms with E-state index in [1.807, 2.05) is 6.07 Å². The minimum Gasteiger partial charge on any atom is -0.384 e. The van der Waals surface area contributed by atoms with Crippen LogP contribution in [0.25, 0.3) is 0 Å². The molecule has 2 heterocycles. The van der Waals surface area contributed by atoms with E-state index in [1.54, 1.807) is 0 Å². The summed E-state index contributed by atoms with van der Waals surface area (Å²) in [5.41, 5.74) is 0.362. The van der Waals surface area contributed by atoms with Crippen LogP contribution in [0.2, 0.25) is 0 Å². The summed E-state index contributed by atoms with van der Waals surface area (Å²) in [6.07, 6.45) is 6.72. The zero-order valence-electron chi connectivity index (χ0n) is 15.8. The first-order chi connectivity index (χ1) is 14.0. The van der Waals surface area contributed by atoms with Crippen molar-refractivity contribution in [3.63, 3.8) is 0 Å². The average molecular weight is 439 g/mol. The predicted molar refractivity (Wildman–Crippen MR) is 110 cm³/mol. The first-order valence-corrected chi connectivity index (χ1v) is 11.7. The number of aromatic nitrogens is 2. The maximum Gasteiger partial charge on any atom is 0.266 e. The van der Waals surface area contributed by atoms with Gasteiger partial charge in [0, 0.05) is 18.1 Å². The van der Waals surface area contributed by atoms with Crippen LogP contribution < -0.4 is 15.4 Å². The number of hydrogen-bond donors (Lipinski definition) is 3. The lowest BCUT2D eigenvalue weighted by atomic mass is 10.0. The van der Waals surface area contributed by atoms with Gasteiger partial charge in [-0.3, -0.25) is 4.72 Å². The van der Waals surface area contributed by atoms with E-state index in [0.29, 0.717) is 12.2 Å². The Morgan fingerprint density at radius 1 is 1.34 bits per heavy atom. The molecule has 156 valence electrons. The minimum absolute atomic E-state index is 0.0264. The van der Waals surface area contributed by atoms with Gasteiger partial charge in [-0.25, -0.2) is 17.8 Å². The van der Waals surface area contributed by atoms with Crippen molar-refractivity contribution in [1.29, 1.82) is 5.26 Å². The van der Waals surface area contributed by atoms with Gasteiger partial charge in [0.25, 0.3) is 10.0 Å². The summed E-state index contributed by atoms with van der Waals surface area (Å²) in [5.74, 6) is -0.164. The Labute approximate surface area is 173 Å². The number of nitrogens with one attached hydrogen (secondary N) is 3. The lowest BCUT2D eigenvalue weighted by molar-refractivity contribution is 0.493. The van der Waals surface area contributed by atoms with Crippen molar-refractivity contribution in [3.8, 4) is 6.07 Å². The van der Waals surface area contributed by atoms with Crippen LogP contribution in [-0.2, 0) is 10.0 Å². The molecule has 1 fully saturated rings. The summed E-state index contributed by atoms with van der Waals surface area (Å²) in [5, 5.41) is 15.8. The molecule has 1 aliphatic rings. The van der Waals surface area contributed by atoms with Gasteiger partial charge >= 0.3 is 0 Å². The zero-order valence-corrected chi connectivity index (χ0v) is 17.5. The molecule has 11 heteroatoms. The number of anilines is 2. The quantitative estimate of drug-likeness (QED) is 0.488. The molecule has 0 saturated carbocycles. The maximum absolute atomic E-state index is 14.5. The molecule has 1 aromatic carbocycles. The number of nitrogens with zero attached hydrogens (tertiary/aromatic N) is 3. The van der Waals surface area contributed by atoms with E-state index in [4.69, 9.17) is 0 Å². The highest BCUT2D eigenvalue weighted by Crippen LogP contribution is 2.26. The summed E-state index contributed by atoms with van der Waals surface area (Å²) in [6, 6.07) is 4.02. The van der Waals surface area contributed by atoms with Crippen molar-refractivity contribution in [3.05, 3.63) is 29.8 Å². The molecule has 29 heavy (non-hydrogen) atoms. The Balaban J connectivity index is 1.57. The number of nitriles is 1. The van der Waals surface area contributed by atoms with Crippen LogP contribution in [0, 0.1) is 23.1 Å². The van der Waals surface area contributed by atoms with Crippen LogP contribution in [0.15, 0.2) is 23.4 Å². The molecule has 0 unspecified atom stereocenters. The van der Waals surface area contributed by atoms with Crippen LogP contribution in [0.5, 0.6) is 0 Å². The second-order valence-corrected chi connectivity index (χ2v) is 9.36. The highest BCUT2D eigenvalue weighted by atomic mass is 32.2. The van der Waals surface area contributed by atoms with Gasteiger partial charge in [-0.15, -0.1) is 0 Å². The van der Waals surface area contributed by atoms with Gasteiger partial charge in [0.05, 0.1) is 11.3 Å². The second kappa shape index (κ2) is 9.96. The first kappa shape index (κ1) is 21.4. The summed E-state index contributed by atoms with van der Waals surface area (Å²) >= 11 is 0.834. The van der Waals surface area contributed by atoms with Crippen LogP contribution in [0.4, 0.5) is 15.2 Å². The van der Waals surface area contributed by atoms with Crippen molar-refractivity contribution in [2.75, 3.05) is 29.7 Å². The minimum atomic E-state index is -4.21. The van der Waals surface area contributed by atoms with Crippen molar-refractivity contribution < 1.29 is 12.8 Å². The van der Waals surface area contributed by atoms with Gasteiger partial charge in [-0.1, -0.05) is 12.8 Å². The Hall–Kier alpha value is -2.29. The lowest BCUT2D eigenvalue weighted by Crippen LogP contribution is -2.15. The van der Waals surface area contributed by atoms with Gasteiger partial charge < -0.3 is 10.6 Å². The molecule has 1 saturated heterocycles. The van der Waals surface area contributed by atoms with Gasteiger partial charge in [0.1, 0.15) is 23.1 Å². The molecule has 1 aromatic heterocycles. The third-order valence-electron chi connectivity index (χ3n) is 4.83. The number of unbranched alkanes of at least 4 members (excludes halogenated alkanes) is 2. The molecule has 3 rings (SSSR count). The number of sulfonamides is 1. The van der Waals surface area contributed by atoms with E-state index >= 15 is 0 Å². The molecule has 3 N–H and O–H groups in total. The highest BCUT2D eigenvalue weighted by molar-refractivity contribution is 7.93. The van der Waals surface area contributed by atoms with E-state index in [-0.39, 0.29) is 10.7 Å². The molecule has 0 bridgehead atoms. The number of rotatable bonds is 10. The molecule has 2 aromatic rings. The number of hydrogen-bond acceptors (Lipinski definition) is 8. The number of halogens is 1. The van der Waals surface area contributed by atoms with E-state index in [9.17, 15) is 18.1 Å². The van der Waals surface area contributed by atoms with Crippen LogP contribution in [-0.4, -0.2) is 37.4 Å². The normalized spacial score (nSPS) is 16.5. The fraction of sp³-hybridized carbons (Fsp3) is 0.500. The van der Waals surface area contributed by atoms with Crippen molar-refractivity contribution in [2.45, 2.75) is 37.0 Å². The van der Waals surface area contributed by atoms with Gasteiger partial charge in [0.15, 0.2) is 0 Å². The second-order valence-electron chi connectivity index (χ2n) is 6.93. The SMILES string of the molecule is N#Cc1cc(S(=O)(=O)Nc2ncns2)c(F)cc1NCCCCC[C@@H]1CCNC1. The monoisotopic (exact) mass is 438 g/mol. The van der Waals surface area contributed by atoms with Crippen molar-refractivity contribution in [1.82, 2.24) is 14.7 Å². The maximum atomic E-state index is 14.5. The summed E-state index contributed by atoms with van der Waals surface area (Å²) in [4.78, 5) is 3.12. The van der Waals surface area contributed by atoms with E-state index in [0.717, 1.165) is 61.9 Å². The molecule has 0 spiro atoms. The lowest BCUT2D eigenvalue weighted by Gasteiger charge is -2.12. The molecule has 0 aliphatic carbocycles. The average Bonchev–Trinajstić information content (AvgIpc) is 3.38. The summed E-state index contributed by atoms with van der Waals surface area (Å²) < 4.78 is 45.1. The Morgan fingerprint density at radius 3 is 2.90 bits per heavy atom. The molecular weight excluding hydrogens is 415 g/mol. The van der Waals surface area contributed by atoms with Gasteiger partial charge in [-0.2, -0.15) is 9.64 Å². The van der Waals surface area contributed by atoms with Gasteiger partial charge in [-0.05, 0) is 50.4 Å². The molecule has 8 nitrogen and oxygen atoms in total. The molecular formula is C18H23FN6O2S2. The number of benzene rings is 1. The largest absolute Gasteiger partial charge is 0.384 e. The Morgan fingerprint density at radius 2 is 2.21 bits per heavy atom. The smallest absolute Gasteiger partial charge is 0.266 e. The zero-order chi connectivity index (χ0) is 20.7. The molecule has 1 aliphatic heterocycles. The molecule has 1 atom stereocenters. The van der Waals surface area contributed by atoms with Crippen LogP contribution in [0.1, 0.15) is 37.7 Å². The topological polar surface area (TPSA) is 120 Å². The fourth-order valence-electron chi connectivity index (χ4n) is 3.30. The fourth-order valence-corrected chi connectivity index (χ4v) is 5.05. The summed E-state index contributed by atoms with van der Waals surface area (Å²) in [6.45, 7) is 2.80. The Kier molecular flexibility index (Phi) is 7.35. The molecule has 0 radical (unpaired) electrons. The highest BCUT2D eigenvalue weighted by Gasteiger charge is 2.23. The first-order valence-electron chi connectivity index (χ1n) is 9.47. The van der Waals surface area contributed by atoms with Gasteiger partial charge in [0.2, 0.25) is 5.13 Å². The third-order valence-corrected chi connectivity index (χ3v) is 6.90. The van der Waals surface area contributed by atoms with E-state index in [2.05, 4.69) is 24.7 Å². The Bertz CT molecular complexity index is 953. The third kappa shape index (κ3) is 5.85. The van der Waals surface area contributed by atoms with Crippen LogP contribution in [0.3, 0.4) is 0 Å². The van der Waals surface area contributed by atoms with Crippen LogP contribution >= 0.6 is 11.5 Å². The van der Waals surface area contributed by atoms with Crippen molar-refractivity contribution in [2.24, 2.45) is 5.92 Å².